The third-order valence-electron chi connectivity index (χ3n) is 2.65. The highest BCUT2D eigenvalue weighted by molar-refractivity contribution is 6.30. The lowest BCUT2D eigenvalue weighted by Crippen LogP contribution is -2.08. The van der Waals surface area contributed by atoms with E-state index in [1.165, 1.54) is 11.8 Å². The molecule has 2 rings (SSSR count). The number of benzene rings is 1. The molecule has 1 heterocycles. The Hall–Kier alpha value is -2.25. The maximum absolute atomic E-state index is 8.99. The Balaban J connectivity index is 1.96. The number of nitrogens with two attached hydrogens (primary N) is 1. The first-order valence-electron chi connectivity index (χ1n) is 5.83. The van der Waals surface area contributed by atoms with E-state index in [9.17, 15) is 0 Å². The van der Waals surface area contributed by atoms with Crippen LogP contribution < -0.4 is 11.1 Å². The van der Waals surface area contributed by atoms with Crippen molar-refractivity contribution in [2.75, 3.05) is 17.6 Å². The quantitative estimate of drug-likeness (QED) is 0.897. The molecule has 0 aliphatic heterocycles. The molecular formula is C14H13ClN4. The van der Waals surface area contributed by atoms with E-state index in [0.717, 1.165) is 11.4 Å². The van der Waals surface area contributed by atoms with Crippen LogP contribution in [0.3, 0.4) is 0 Å². The summed E-state index contributed by atoms with van der Waals surface area (Å²) >= 11 is 5.82. The van der Waals surface area contributed by atoms with Gasteiger partial charge in [-0.15, -0.1) is 0 Å². The molecule has 0 radical (unpaired) electrons. The summed E-state index contributed by atoms with van der Waals surface area (Å²) in [5.41, 5.74) is 7.70. The van der Waals surface area contributed by atoms with E-state index in [1.807, 2.05) is 24.3 Å². The first kappa shape index (κ1) is 13.2. The van der Waals surface area contributed by atoms with Gasteiger partial charge in [-0.3, -0.25) is 0 Å². The summed E-state index contributed by atoms with van der Waals surface area (Å²) < 4.78 is 0. The number of anilines is 2. The molecule has 1 aromatic carbocycles. The van der Waals surface area contributed by atoms with E-state index in [4.69, 9.17) is 22.6 Å². The van der Waals surface area contributed by atoms with E-state index in [0.29, 0.717) is 23.6 Å². The highest BCUT2D eigenvalue weighted by atomic mass is 35.5. The van der Waals surface area contributed by atoms with E-state index in [-0.39, 0.29) is 0 Å². The smallest absolute Gasteiger partial charge is 0.144 e. The number of aromatic nitrogens is 1. The molecule has 19 heavy (non-hydrogen) atoms. The first-order chi connectivity index (χ1) is 9.19. The highest BCUT2D eigenvalue weighted by Crippen LogP contribution is 2.14. The molecule has 1 aromatic heterocycles. The van der Waals surface area contributed by atoms with E-state index >= 15 is 0 Å². The number of nitrogens with one attached hydrogen (secondary N) is 1. The van der Waals surface area contributed by atoms with Gasteiger partial charge >= 0.3 is 0 Å². The molecule has 0 saturated carbocycles. The van der Waals surface area contributed by atoms with Crippen LogP contribution in [0.25, 0.3) is 0 Å². The Bertz CT molecular complexity index is 602. The molecule has 3 N–H and O–H groups in total. The lowest BCUT2D eigenvalue weighted by Gasteiger charge is -2.07. The summed E-state index contributed by atoms with van der Waals surface area (Å²) in [5.74, 6) is 0.561. The molecule has 0 aliphatic carbocycles. The number of nitrogen functional groups attached to an aromatic ring is 1. The second-order valence-electron chi connectivity index (χ2n) is 4.08. The van der Waals surface area contributed by atoms with Crippen LogP contribution in [-0.4, -0.2) is 11.5 Å². The minimum atomic E-state index is 0.455. The number of halogens is 1. The van der Waals surface area contributed by atoms with Gasteiger partial charge in [-0.2, -0.15) is 5.26 Å². The fraction of sp³-hybridized carbons (Fsp3) is 0.143. The van der Waals surface area contributed by atoms with E-state index in [2.05, 4.69) is 16.4 Å². The largest absolute Gasteiger partial charge is 0.397 e. The SMILES string of the molecule is N#Cc1cc(N)cnc1NCCc1ccc(Cl)cc1. The predicted molar refractivity (Wildman–Crippen MR) is 77.0 cm³/mol. The summed E-state index contributed by atoms with van der Waals surface area (Å²) in [5, 5.41) is 12.8. The van der Waals surface area contributed by atoms with E-state index < -0.39 is 0 Å². The molecule has 4 nitrogen and oxygen atoms in total. The second-order valence-corrected chi connectivity index (χ2v) is 4.52. The zero-order valence-electron chi connectivity index (χ0n) is 10.2. The molecule has 0 atom stereocenters. The number of nitriles is 1. The number of rotatable bonds is 4. The van der Waals surface area contributed by atoms with E-state index in [1.54, 1.807) is 6.07 Å². The first-order valence-corrected chi connectivity index (χ1v) is 6.21. The molecule has 0 bridgehead atoms. The Labute approximate surface area is 116 Å². The van der Waals surface area contributed by atoms with Gasteiger partial charge in [0.1, 0.15) is 11.9 Å². The van der Waals surface area contributed by atoms with Gasteiger partial charge in [-0.25, -0.2) is 4.98 Å². The number of hydrogen-bond acceptors (Lipinski definition) is 4. The van der Waals surface area contributed by atoms with Gasteiger partial charge in [0.2, 0.25) is 0 Å². The Morgan fingerprint density at radius 2 is 2.05 bits per heavy atom. The molecule has 2 aromatic rings. The lowest BCUT2D eigenvalue weighted by molar-refractivity contribution is 1.00. The molecule has 0 aliphatic rings. The van der Waals surface area contributed by atoms with Crippen molar-refractivity contribution in [2.45, 2.75) is 6.42 Å². The normalized spacial score (nSPS) is 9.89. The van der Waals surface area contributed by atoms with Gasteiger partial charge < -0.3 is 11.1 Å². The molecular weight excluding hydrogens is 260 g/mol. The molecule has 96 valence electrons. The van der Waals surface area contributed by atoms with Gasteiger partial charge in [0.15, 0.2) is 0 Å². The van der Waals surface area contributed by atoms with Crippen molar-refractivity contribution in [3.8, 4) is 6.07 Å². The third kappa shape index (κ3) is 3.60. The van der Waals surface area contributed by atoms with Gasteiger partial charge in [-0.1, -0.05) is 23.7 Å². The predicted octanol–water partition coefficient (Wildman–Crippen LogP) is 2.84. The molecule has 0 fully saturated rings. The van der Waals surface area contributed by atoms with Crippen LogP contribution >= 0.6 is 11.6 Å². The van der Waals surface area contributed by atoms with Gasteiger partial charge in [0.25, 0.3) is 0 Å². The topological polar surface area (TPSA) is 74.7 Å². The fourth-order valence-corrected chi connectivity index (χ4v) is 1.81. The zero-order valence-corrected chi connectivity index (χ0v) is 11.0. The van der Waals surface area contributed by atoms with Crippen molar-refractivity contribution in [3.63, 3.8) is 0 Å². The maximum Gasteiger partial charge on any atom is 0.144 e. The summed E-state index contributed by atoms with van der Waals surface area (Å²) in [6.07, 6.45) is 2.36. The van der Waals surface area contributed by atoms with Crippen LogP contribution in [-0.2, 0) is 6.42 Å². The van der Waals surface area contributed by atoms with Crippen molar-refractivity contribution < 1.29 is 0 Å². The minimum absolute atomic E-state index is 0.455. The van der Waals surface area contributed by atoms with Gasteiger partial charge in [-0.05, 0) is 30.2 Å². The van der Waals surface area contributed by atoms with Gasteiger partial charge in [0.05, 0.1) is 17.4 Å². The van der Waals surface area contributed by atoms with Crippen LogP contribution in [0.2, 0.25) is 5.02 Å². The second kappa shape index (κ2) is 6.07. The summed E-state index contributed by atoms with van der Waals surface area (Å²) in [7, 11) is 0. The Morgan fingerprint density at radius 3 is 2.74 bits per heavy atom. The highest BCUT2D eigenvalue weighted by Gasteiger charge is 2.03. The molecule has 0 amide bonds. The van der Waals surface area contributed by atoms with Crippen molar-refractivity contribution in [3.05, 3.63) is 52.7 Å². The monoisotopic (exact) mass is 272 g/mol. The molecule has 0 saturated heterocycles. The number of pyridine rings is 1. The van der Waals surface area contributed by atoms with Crippen LogP contribution in [0.4, 0.5) is 11.5 Å². The average molecular weight is 273 g/mol. The van der Waals surface area contributed by atoms with Crippen molar-refractivity contribution in [1.82, 2.24) is 4.98 Å². The minimum Gasteiger partial charge on any atom is -0.397 e. The fourth-order valence-electron chi connectivity index (χ4n) is 1.68. The summed E-state index contributed by atoms with van der Waals surface area (Å²) in [4.78, 5) is 4.11. The standard InChI is InChI=1S/C14H13ClN4/c15-12-3-1-10(2-4-12)5-6-18-14-11(8-16)7-13(17)9-19-14/h1-4,7,9H,5-6,17H2,(H,18,19). The molecule has 0 spiro atoms. The Morgan fingerprint density at radius 1 is 1.32 bits per heavy atom. The molecule has 5 heteroatoms. The van der Waals surface area contributed by atoms with Crippen LogP contribution in [0.5, 0.6) is 0 Å². The number of nitrogens with zero attached hydrogens (tertiary/aromatic N) is 2. The average Bonchev–Trinajstić information content (AvgIpc) is 2.42. The van der Waals surface area contributed by atoms with Crippen molar-refractivity contribution in [1.29, 1.82) is 5.26 Å². The molecule has 0 unspecified atom stereocenters. The van der Waals surface area contributed by atoms with Crippen LogP contribution in [0.1, 0.15) is 11.1 Å². The van der Waals surface area contributed by atoms with Crippen LogP contribution in [0.15, 0.2) is 36.5 Å². The van der Waals surface area contributed by atoms with Crippen LogP contribution in [0, 0.1) is 11.3 Å². The zero-order chi connectivity index (χ0) is 13.7. The lowest BCUT2D eigenvalue weighted by atomic mass is 10.1. The number of hydrogen-bond donors (Lipinski definition) is 2. The van der Waals surface area contributed by atoms with Crippen molar-refractivity contribution >= 4 is 23.1 Å². The summed E-state index contributed by atoms with van der Waals surface area (Å²) in [6, 6.07) is 11.4. The maximum atomic E-state index is 8.99. The third-order valence-corrected chi connectivity index (χ3v) is 2.90. The Kier molecular flexibility index (Phi) is 4.22. The van der Waals surface area contributed by atoms with Gasteiger partial charge in [0, 0.05) is 11.6 Å². The summed E-state index contributed by atoms with van der Waals surface area (Å²) in [6.45, 7) is 0.688. The van der Waals surface area contributed by atoms with Crippen molar-refractivity contribution in [2.24, 2.45) is 0 Å².